The first-order valence-electron chi connectivity index (χ1n) is 22.5. The number of carbonyl (C=O) groups excluding carboxylic acids is 4. The average molecular weight is 1050 g/mol. The van der Waals surface area contributed by atoms with Gasteiger partial charge in [0, 0.05) is 24.3 Å². The predicted molar refractivity (Wildman–Crippen MR) is 259 cm³/mol. The van der Waals surface area contributed by atoms with Gasteiger partial charge in [-0.15, -0.1) is 0 Å². The molecule has 0 spiro atoms. The van der Waals surface area contributed by atoms with E-state index in [4.69, 9.17) is 52.1 Å². The van der Waals surface area contributed by atoms with Crippen molar-refractivity contribution >= 4 is 48.2 Å². The van der Waals surface area contributed by atoms with Gasteiger partial charge in [0.05, 0.1) is 28.4 Å². The third-order valence-electron chi connectivity index (χ3n) is 11.4. The summed E-state index contributed by atoms with van der Waals surface area (Å²) in [5.74, 6) is -7.33. The molecule has 2 fully saturated rings. The molecule has 75 heavy (non-hydrogen) atoms. The van der Waals surface area contributed by atoms with E-state index >= 15 is 0 Å². The quantitative estimate of drug-likeness (QED) is 0.0338. The standard InChI is InChI=1S/C52H54O23/c1-65-36-21-28(5-13-32(36)53)9-17-42(57)69-25-40-46(61)48(63)49(64)51(72-40)75-52(27-71-44(59)19-11-30-7-15-34(55)38(23-30)67-3)50(73-45(60)20-12-31-8-16-35(56)39(24-31)68-4)47(62)41(74-52)26-70-43(58)18-10-29-6-14-33(54)37(22-29)66-2/h5-24,40-41,46-51,53-56,61-64H,25-27H2,1-4H3/b17-9+,18-10+,19-11+,20-12+/t40-,41-,46-,47-,48+,49-,50+,51-,52+/m1/s1. The molecule has 2 aliphatic rings. The van der Waals surface area contributed by atoms with E-state index in [9.17, 15) is 60.0 Å². The Morgan fingerprint density at radius 3 is 1.27 bits per heavy atom. The maximum atomic E-state index is 13.7. The predicted octanol–water partition coefficient (Wildman–Crippen LogP) is 2.52. The number of aliphatic hydroxyl groups excluding tert-OH is 4. The molecule has 0 saturated carbocycles. The fourth-order valence-electron chi connectivity index (χ4n) is 7.39. The van der Waals surface area contributed by atoms with Crippen LogP contribution in [0.25, 0.3) is 24.3 Å². The normalized spacial score (nSPS) is 23.6. The van der Waals surface area contributed by atoms with Crippen molar-refractivity contribution in [3.05, 3.63) is 119 Å². The van der Waals surface area contributed by atoms with Gasteiger partial charge in [-0.3, -0.25) is 0 Å². The van der Waals surface area contributed by atoms with Crippen molar-refractivity contribution < 1.29 is 112 Å². The number of rotatable bonds is 21. The minimum Gasteiger partial charge on any atom is -0.504 e. The summed E-state index contributed by atoms with van der Waals surface area (Å²) in [6.07, 6.45) is -6.83. The van der Waals surface area contributed by atoms with Crippen molar-refractivity contribution in [3.63, 3.8) is 0 Å². The van der Waals surface area contributed by atoms with Gasteiger partial charge >= 0.3 is 23.9 Å². The molecule has 0 aliphatic carbocycles. The number of phenols is 4. The number of ether oxygens (including phenoxy) is 11. The third kappa shape index (κ3) is 14.5. The minimum atomic E-state index is -2.76. The first-order valence-corrected chi connectivity index (χ1v) is 22.5. The molecule has 8 N–H and O–H groups in total. The number of esters is 4. The first-order chi connectivity index (χ1) is 35.9. The summed E-state index contributed by atoms with van der Waals surface area (Å²) < 4.78 is 60.6. The van der Waals surface area contributed by atoms with Gasteiger partial charge in [-0.05, 0) is 95.1 Å². The van der Waals surface area contributed by atoms with E-state index in [1.165, 1.54) is 126 Å². The summed E-state index contributed by atoms with van der Waals surface area (Å²) in [5, 5.41) is 85.3. The van der Waals surface area contributed by atoms with Crippen LogP contribution >= 0.6 is 0 Å². The second-order valence-electron chi connectivity index (χ2n) is 16.4. The molecule has 2 heterocycles. The largest absolute Gasteiger partial charge is 0.504 e. The van der Waals surface area contributed by atoms with Crippen LogP contribution in [0.4, 0.5) is 0 Å². The van der Waals surface area contributed by atoms with Gasteiger partial charge in [0.2, 0.25) is 5.79 Å². The molecule has 0 bridgehead atoms. The van der Waals surface area contributed by atoms with Crippen molar-refractivity contribution in [3.8, 4) is 46.0 Å². The second-order valence-corrected chi connectivity index (χ2v) is 16.4. The van der Waals surface area contributed by atoms with Crippen LogP contribution in [-0.2, 0) is 52.3 Å². The highest BCUT2D eigenvalue weighted by Gasteiger charge is 2.62. The molecule has 4 aromatic rings. The SMILES string of the molecule is COc1cc(/C=C/C(=O)OC[C@H]2O[C@@](COC(=O)/C=C/c3ccc(O)c(OC)c3)(O[C@H]3O[C@H](COC(=O)/C=C/c4ccc(O)c(OC)c4)[C@@H](O)[C@H](O)[C@H]3O)[C@@H](OC(=O)/C=C/c3ccc(O)c(OC)c3)[C@@H]2O)ccc1O. The summed E-state index contributed by atoms with van der Waals surface area (Å²) in [4.78, 5) is 53.0. The van der Waals surface area contributed by atoms with E-state index in [-0.39, 0.29) is 46.0 Å². The van der Waals surface area contributed by atoms with Crippen LogP contribution in [0.15, 0.2) is 97.1 Å². The number of aliphatic hydroxyl groups is 4. The molecule has 6 rings (SSSR count). The summed E-state index contributed by atoms with van der Waals surface area (Å²) in [5.41, 5.74) is 1.53. The van der Waals surface area contributed by atoms with E-state index < -0.39 is 98.5 Å². The lowest BCUT2D eigenvalue weighted by Crippen LogP contribution is -2.63. The fourth-order valence-corrected chi connectivity index (χ4v) is 7.39. The van der Waals surface area contributed by atoms with E-state index in [2.05, 4.69) is 0 Å². The van der Waals surface area contributed by atoms with Crippen LogP contribution in [0.5, 0.6) is 46.0 Å². The molecule has 23 nitrogen and oxygen atoms in total. The van der Waals surface area contributed by atoms with Crippen molar-refractivity contribution in [2.45, 2.75) is 54.8 Å². The van der Waals surface area contributed by atoms with Gasteiger partial charge in [0.25, 0.3) is 0 Å². The molecular weight excluding hydrogens is 993 g/mol. The van der Waals surface area contributed by atoms with Crippen molar-refractivity contribution in [1.82, 2.24) is 0 Å². The highest BCUT2D eigenvalue weighted by molar-refractivity contribution is 5.89. The van der Waals surface area contributed by atoms with Crippen LogP contribution in [0, 0.1) is 0 Å². The van der Waals surface area contributed by atoms with Crippen molar-refractivity contribution in [2.24, 2.45) is 0 Å². The zero-order valence-corrected chi connectivity index (χ0v) is 40.5. The van der Waals surface area contributed by atoms with Crippen molar-refractivity contribution in [2.75, 3.05) is 48.3 Å². The Morgan fingerprint density at radius 2 is 0.867 bits per heavy atom. The number of carbonyl (C=O) groups is 4. The molecule has 9 atom stereocenters. The van der Waals surface area contributed by atoms with Gasteiger partial charge in [-0.2, -0.15) is 0 Å². The Kier molecular flexibility index (Phi) is 19.2. The molecule has 400 valence electrons. The molecule has 2 saturated heterocycles. The number of benzene rings is 4. The van der Waals surface area contributed by atoms with E-state index in [1.54, 1.807) is 0 Å². The number of aromatic hydroxyl groups is 4. The first kappa shape index (κ1) is 56.1. The van der Waals surface area contributed by atoms with Crippen LogP contribution < -0.4 is 18.9 Å². The van der Waals surface area contributed by atoms with Gasteiger partial charge in [0.15, 0.2) is 58.4 Å². The van der Waals surface area contributed by atoms with Gasteiger partial charge < -0.3 is 93.0 Å². The summed E-state index contributed by atoms with van der Waals surface area (Å²) in [7, 11) is 5.28. The van der Waals surface area contributed by atoms with Crippen molar-refractivity contribution in [1.29, 1.82) is 0 Å². The third-order valence-corrected chi connectivity index (χ3v) is 11.4. The lowest BCUT2D eigenvalue weighted by molar-refractivity contribution is -0.383. The molecule has 2 aliphatic heterocycles. The number of methoxy groups -OCH3 is 4. The molecule has 0 amide bonds. The fraction of sp³-hybridized carbons (Fsp3) is 0.308. The van der Waals surface area contributed by atoms with Crippen LogP contribution in [0.1, 0.15) is 22.3 Å². The highest BCUT2D eigenvalue weighted by Crippen LogP contribution is 2.40. The van der Waals surface area contributed by atoms with Gasteiger partial charge in [-0.25, -0.2) is 19.2 Å². The smallest absolute Gasteiger partial charge is 0.331 e. The van der Waals surface area contributed by atoms with Crippen LogP contribution in [0.3, 0.4) is 0 Å². The minimum absolute atomic E-state index is 0.0611. The Bertz CT molecular complexity index is 2790. The Balaban J connectivity index is 1.30. The summed E-state index contributed by atoms with van der Waals surface area (Å²) in [6, 6.07) is 16.7. The molecule has 4 aromatic carbocycles. The summed E-state index contributed by atoms with van der Waals surface area (Å²) in [6.45, 7) is -2.70. The summed E-state index contributed by atoms with van der Waals surface area (Å²) >= 11 is 0. The number of hydrogen-bond acceptors (Lipinski definition) is 23. The zero-order chi connectivity index (χ0) is 54.4. The lowest BCUT2D eigenvalue weighted by Gasteiger charge is -2.43. The second kappa shape index (κ2) is 25.7. The van der Waals surface area contributed by atoms with E-state index in [0.717, 1.165) is 24.3 Å². The van der Waals surface area contributed by atoms with Crippen LogP contribution in [0.2, 0.25) is 0 Å². The van der Waals surface area contributed by atoms with Crippen LogP contribution in [-0.4, -0.2) is 168 Å². The number of hydrogen-bond donors (Lipinski definition) is 8. The Labute approximate surface area is 427 Å². The maximum absolute atomic E-state index is 13.7. The molecular formula is C52H54O23. The van der Waals surface area contributed by atoms with Gasteiger partial charge in [0.1, 0.15) is 56.4 Å². The number of phenolic OH excluding ortho intramolecular Hbond substituents is 4. The Hall–Kier alpha value is -8.16. The Morgan fingerprint density at radius 1 is 0.493 bits per heavy atom. The molecule has 0 unspecified atom stereocenters. The highest BCUT2D eigenvalue weighted by atomic mass is 16.8. The topological polar surface area (TPSA) is 332 Å². The molecule has 0 radical (unpaired) electrons. The molecule has 23 heteroatoms. The monoisotopic (exact) mass is 1050 g/mol. The molecule has 0 aromatic heterocycles. The van der Waals surface area contributed by atoms with E-state index in [0.29, 0.717) is 22.3 Å². The average Bonchev–Trinajstić information content (AvgIpc) is 3.66. The zero-order valence-electron chi connectivity index (χ0n) is 40.5. The lowest BCUT2D eigenvalue weighted by atomic mass is 9.98. The maximum Gasteiger partial charge on any atom is 0.331 e. The van der Waals surface area contributed by atoms with E-state index in [1.807, 2.05) is 0 Å². The van der Waals surface area contributed by atoms with Gasteiger partial charge in [-0.1, -0.05) is 24.3 Å².